The van der Waals surface area contributed by atoms with E-state index in [1.54, 1.807) is 25.0 Å². The summed E-state index contributed by atoms with van der Waals surface area (Å²) in [6, 6.07) is 17.3. The lowest BCUT2D eigenvalue weighted by Gasteiger charge is -2.12. The Balaban J connectivity index is 1.97. The predicted octanol–water partition coefficient (Wildman–Crippen LogP) is 2.80. The van der Waals surface area contributed by atoms with Crippen LogP contribution in [-0.2, 0) is 6.54 Å². The lowest BCUT2D eigenvalue weighted by molar-refractivity contribution is 0.350. The average Bonchev–Trinajstić information content (AvgIpc) is 3.14. The number of hydrogen-bond donors (Lipinski definition) is 0. The Kier molecular flexibility index (Phi) is 5.25. The molecule has 0 saturated heterocycles. The summed E-state index contributed by atoms with van der Waals surface area (Å²) in [6.45, 7) is 0.344. The molecule has 7 nitrogen and oxygen atoms in total. The monoisotopic (exact) mass is 347 g/mol. The van der Waals surface area contributed by atoms with E-state index in [1.807, 2.05) is 48.5 Å². The van der Waals surface area contributed by atoms with E-state index < -0.39 is 0 Å². The maximum absolute atomic E-state index is 9.56. The number of nitriles is 1. The first-order chi connectivity index (χ1) is 12.8. The van der Waals surface area contributed by atoms with Gasteiger partial charge in [-0.2, -0.15) is 5.26 Å². The second-order valence-electron chi connectivity index (χ2n) is 5.39. The van der Waals surface area contributed by atoms with Gasteiger partial charge in [0, 0.05) is 5.56 Å². The van der Waals surface area contributed by atoms with Crippen LogP contribution in [0, 0.1) is 11.3 Å². The molecule has 130 valence electrons. The van der Waals surface area contributed by atoms with Gasteiger partial charge in [-0.1, -0.05) is 42.5 Å². The lowest BCUT2D eigenvalue weighted by atomic mass is 10.1. The number of allylic oxidation sites excluding steroid dienone is 1. The second kappa shape index (κ2) is 7.94. The third kappa shape index (κ3) is 3.54. The van der Waals surface area contributed by atoms with Crippen LogP contribution in [0.5, 0.6) is 11.5 Å². The van der Waals surface area contributed by atoms with Crippen molar-refractivity contribution in [1.82, 2.24) is 20.2 Å². The first-order valence-corrected chi connectivity index (χ1v) is 7.90. The van der Waals surface area contributed by atoms with Gasteiger partial charge in [-0.05, 0) is 28.1 Å². The van der Waals surface area contributed by atoms with Crippen molar-refractivity contribution in [3.05, 3.63) is 65.5 Å². The van der Waals surface area contributed by atoms with Crippen molar-refractivity contribution in [2.75, 3.05) is 14.2 Å². The Morgan fingerprint density at radius 2 is 1.92 bits per heavy atom. The molecule has 26 heavy (non-hydrogen) atoms. The van der Waals surface area contributed by atoms with Gasteiger partial charge < -0.3 is 9.47 Å². The maximum Gasteiger partial charge on any atom is 0.193 e. The number of aromatic nitrogens is 4. The van der Waals surface area contributed by atoms with Crippen LogP contribution in [0.15, 0.2) is 48.5 Å². The van der Waals surface area contributed by atoms with Crippen molar-refractivity contribution in [2.24, 2.45) is 0 Å². The van der Waals surface area contributed by atoms with Crippen LogP contribution in [-0.4, -0.2) is 34.4 Å². The van der Waals surface area contributed by atoms with Crippen LogP contribution < -0.4 is 9.47 Å². The van der Waals surface area contributed by atoms with E-state index in [1.165, 1.54) is 0 Å². The minimum absolute atomic E-state index is 0.344. The van der Waals surface area contributed by atoms with Crippen molar-refractivity contribution in [1.29, 1.82) is 5.26 Å². The smallest absolute Gasteiger partial charge is 0.193 e. The molecule has 0 aliphatic carbocycles. The molecule has 0 N–H and O–H groups in total. The minimum Gasteiger partial charge on any atom is -0.493 e. The van der Waals surface area contributed by atoms with Gasteiger partial charge in [0.05, 0.1) is 26.3 Å². The van der Waals surface area contributed by atoms with Crippen LogP contribution in [0.3, 0.4) is 0 Å². The second-order valence-corrected chi connectivity index (χ2v) is 5.39. The Hall–Kier alpha value is -3.66. The van der Waals surface area contributed by atoms with Crippen molar-refractivity contribution < 1.29 is 9.47 Å². The van der Waals surface area contributed by atoms with Gasteiger partial charge in [-0.25, -0.2) is 4.68 Å². The highest BCUT2D eigenvalue weighted by molar-refractivity contribution is 5.86. The molecule has 0 radical (unpaired) electrons. The summed E-state index contributed by atoms with van der Waals surface area (Å²) in [5.74, 6) is 1.63. The van der Waals surface area contributed by atoms with Crippen LogP contribution >= 0.6 is 0 Å². The fourth-order valence-corrected chi connectivity index (χ4v) is 2.61. The highest BCUT2D eigenvalue weighted by Crippen LogP contribution is 2.31. The summed E-state index contributed by atoms with van der Waals surface area (Å²) in [6.07, 6.45) is 1.75. The molecule has 0 bridgehead atoms. The summed E-state index contributed by atoms with van der Waals surface area (Å²) in [4.78, 5) is 0. The molecule has 1 aromatic heterocycles. The standard InChI is InChI=1S/C19H17N5O2/c1-25-17-10-6-9-15(18(17)26-2)13-24-19(21-22-23-24)16(12-20)11-14-7-4-3-5-8-14/h3-11H,13H2,1-2H3. The maximum atomic E-state index is 9.56. The third-order valence-corrected chi connectivity index (χ3v) is 3.81. The summed E-state index contributed by atoms with van der Waals surface area (Å²) < 4.78 is 12.3. The predicted molar refractivity (Wildman–Crippen MR) is 96.4 cm³/mol. The Morgan fingerprint density at radius 1 is 1.12 bits per heavy atom. The highest BCUT2D eigenvalue weighted by Gasteiger charge is 2.16. The summed E-state index contributed by atoms with van der Waals surface area (Å²) in [5, 5.41) is 21.3. The zero-order valence-electron chi connectivity index (χ0n) is 14.5. The fourth-order valence-electron chi connectivity index (χ4n) is 2.61. The highest BCUT2D eigenvalue weighted by atomic mass is 16.5. The quantitative estimate of drug-likeness (QED) is 0.637. The van der Waals surface area contributed by atoms with E-state index in [4.69, 9.17) is 9.47 Å². The van der Waals surface area contributed by atoms with Crippen LogP contribution in [0.25, 0.3) is 11.6 Å². The summed E-state index contributed by atoms with van der Waals surface area (Å²) in [5.41, 5.74) is 2.12. The number of tetrazole rings is 1. The zero-order valence-corrected chi connectivity index (χ0v) is 14.5. The van der Waals surface area contributed by atoms with Crippen LogP contribution in [0.2, 0.25) is 0 Å². The molecule has 0 spiro atoms. The molecule has 0 unspecified atom stereocenters. The number of para-hydroxylation sites is 1. The molecule has 0 fully saturated rings. The largest absolute Gasteiger partial charge is 0.493 e. The van der Waals surface area contributed by atoms with E-state index in [0.717, 1.165) is 11.1 Å². The van der Waals surface area contributed by atoms with Gasteiger partial charge in [0.2, 0.25) is 0 Å². The van der Waals surface area contributed by atoms with E-state index >= 15 is 0 Å². The van der Waals surface area contributed by atoms with Crippen molar-refractivity contribution in [3.63, 3.8) is 0 Å². The van der Waals surface area contributed by atoms with E-state index in [-0.39, 0.29) is 0 Å². The summed E-state index contributed by atoms with van der Waals surface area (Å²) in [7, 11) is 3.17. The zero-order chi connectivity index (χ0) is 18.4. The number of ether oxygens (including phenoxy) is 2. The van der Waals surface area contributed by atoms with Crippen molar-refractivity contribution in [3.8, 4) is 17.6 Å². The molecule has 2 aromatic carbocycles. The van der Waals surface area contributed by atoms with Crippen LogP contribution in [0.4, 0.5) is 0 Å². The molecule has 0 amide bonds. The molecule has 3 aromatic rings. The third-order valence-electron chi connectivity index (χ3n) is 3.81. The molecular weight excluding hydrogens is 330 g/mol. The molecule has 0 saturated carbocycles. The topological polar surface area (TPSA) is 85.9 Å². The normalized spacial score (nSPS) is 11.0. The van der Waals surface area contributed by atoms with Gasteiger partial charge in [-0.15, -0.1) is 5.10 Å². The molecular formula is C19H17N5O2. The SMILES string of the molecule is COc1cccc(Cn2nnnc2C(C#N)=Cc2ccccc2)c1OC. The number of methoxy groups -OCH3 is 2. The molecule has 1 heterocycles. The first kappa shape index (κ1) is 17.2. The van der Waals surface area contributed by atoms with Gasteiger partial charge in [-0.3, -0.25) is 0 Å². The van der Waals surface area contributed by atoms with Crippen molar-refractivity contribution in [2.45, 2.75) is 6.54 Å². The molecule has 3 rings (SSSR count). The first-order valence-electron chi connectivity index (χ1n) is 7.90. The van der Waals surface area contributed by atoms with Gasteiger partial charge >= 0.3 is 0 Å². The van der Waals surface area contributed by atoms with Crippen molar-refractivity contribution >= 4 is 11.6 Å². The number of benzene rings is 2. The number of hydrogen-bond acceptors (Lipinski definition) is 6. The molecule has 0 aliphatic heterocycles. The molecule has 7 heteroatoms. The fraction of sp³-hybridized carbons (Fsp3) is 0.158. The average molecular weight is 347 g/mol. The Labute approximate surface area is 151 Å². The Morgan fingerprint density at radius 3 is 2.62 bits per heavy atom. The number of nitrogens with zero attached hydrogens (tertiary/aromatic N) is 5. The Bertz CT molecular complexity index is 958. The lowest BCUT2D eigenvalue weighted by Crippen LogP contribution is -2.08. The van der Waals surface area contributed by atoms with Gasteiger partial charge in [0.1, 0.15) is 6.07 Å². The van der Waals surface area contributed by atoms with E-state index in [9.17, 15) is 5.26 Å². The van der Waals surface area contributed by atoms with E-state index in [0.29, 0.717) is 29.4 Å². The van der Waals surface area contributed by atoms with Gasteiger partial charge in [0.25, 0.3) is 0 Å². The number of rotatable bonds is 6. The molecule has 0 atom stereocenters. The molecule has 0 aliphatic rings. The van der Waals surface area contributed by atoms with Gasteiger partial charge in [0.15, 0.2) is 17.3 Å². The summed E-state index contributed by atoms with van der Waals surface area (Å²) >= 11 is 0. The van der Waals surface area contributed by atoms with E-state index in [2.05, 4.69) is 21.6 Å². The minimum atomic E-state index is 0.344. The van der Waals surface area contributed by atoms with Crippen LogP contribution in [0.1, 0.15) is 17.0 Å².